The zero-order valence-corrected chi connectivity index (χ0v) is 15.8. The van der Waals surface area contributed by atoms with Crippen LogP contribution in [0.4, 0.5) is 11.4 Å². The van der Waals surface area contributed by atoms with Gasteiger partial charge in [-0.25, -0.2) is 4.79 Å². The van der Waals surface area contributed by atoms with Crippen molar-refractivity contribution in [2.24, 2.45) is 0 Å². The molecule has 1 aliphatic rings. The van der Waals surface area contributed by atoms with Gasteiger partial charge in [0.2, 0.25) is 0 Å². The molecule has 0 atom stereocenters. The molecule has 4 aromatic rings. The van der Waals surface area contributed by atoms with Crippen molar-refractivity contribution in [1.29, 1.82) is 0 Å². The summed E-state index contributed by atoms with van der Waals surface area (Å²) >= 11 is 0. The minimum atomic E-state index is -0.423. The van der Waals surface area contributed by atoms with Crippen LogP contribution in [-0.2, 0) is 4.74 Å². The Morgan fingerprint density at radius 3 is 2.66 bits per heavy atom. The third-order valence-corrected chi connectivity index (χ3v) is 5.15. The van der Waals surface area contributed by atoms with Gasteiger partial charge in [-0.3, -0.25) is 4.79 Å². The molecule has 5 rings (SSSR count). The van der Waals surface area contributed by atoms with Crippen LogP contribution in [0.25, 0.3) is 22.2 Å². The normalized spacial score (nSPS) is 12.0. The van der Waals surface area contributed by atoms with Crippen molar-refractivity contribution in [2.75, 3.05) is 12.4 Å². The number of aryl methyl sites for hydroxylation is 1. The van der Waals surface area contributed by atoms with Gasteiger partial charge in [0.05, 0.1) is 29.3 Å². The first-order valence-electron chi connectivity index (χ1n) is 9.11. The first-order valence-corrected chi connectivity index (χ1v) is 9.11. The van der Waals surface area contributed by atoms with Crippen LogP contribution in [0.15, 0.2) is 59.1 Å². The second-order valence-electron chi connectivity index (χ2n) is 6.92. The molecule has 0 radical (unpaired) electrons. The Kier molecular flexibility index (Phi) is 3.74. The van der Waals surface area contributed by atoms with Crippen molar-refractivity contribution in [3.05, 3.63) is 76.9 Å². The summed E-state index contributed by atoms with van der Waals surface area (Å²) in [6, 6.07) is 16.2. The van der Waals surface area contributed by atoms with Crippen molar-refractivity contribution in [3.63, 3.8) is 0 Å². The Labute approximate surface area is 166 Å². The smallest absolute Gasteiger partial charge is 0.337 e. The lowest BCUT2D eigenvalue weighted by atomic mass is 9.86. The molecule has 6 heteroatoms. The number of esters is 1. The zero-order chi connectivity index (χ0) is 20.1. The third-order valence-electron chi connectivity index (χ3n) is 5.15. The lowest BCUT2D eigenvalue weighted by molar-refractivity contribution is 0.0600. The summed E-state index contributed by atoms with van der Waals surface area (Å²) in [5, 5.41) is 8.20. The number of hydrogen-bond acceptors (Lipinski definition) is 6. The van der Waals surface area contributed by atoms with Gasteiger partial charge in [0.25, 0.3) is 0 Å². The van der Waals surface area contributed by atoms with E-state index in [4.69, 9.17) is 9.26 Å². The maximum atomic E-state index is 13.4. The number of rotatable bonds is 3. The standard InChI is InChI=1S/C23H16N2O4/c1-12-10-17(24-14-7-5-6-13(11-14)23(27)28-2)18-19-20(12)25-29-22(19)16-9-4-3-8-15(16)21(18)26/h3-11,24H,1-2H3. The summed E-state index contributed by atoms with van der Waals surface area (Å²) in [6.45, 7) is 1.92. The Bertz CT molecular complexity index is 1320. The lowest BCUT2D eigenvalue weighted by Crippen LogP contribution is -2.12. The highest BCUT2D eigenvalue weighted by Gasteiger charge is 2.32. The number of fused-ring (bicyclic) bond motifs is 2. The van der Waals surface area contributed by atoms with Gasteiger partial charge in [-0.2, -0.15) is 0 Å². The maximum absolute atomic E-state index is 13.4. The van der Waals surface area contributed by atoms with Gasteiger partial charge in [0.1, 0.15) is 5.52 Å². The number of nitrogens with zero attached hydrogens (tertiary/aromatic N) is 1. The summed E-state index contributed by atoms with van der Waals surface area (Å²) in [4.78, 5) is 25.2. The van der Waals surface area contributed by atoms with Crippen molar-refractivity contribution >= 4 is 34.0 Å². The molecule has 0 unspecified atom stereocenters. The van der Waals surface area contributed by atoms with Gasteiger partial charge in [-0.1, -0.05) is 35.5 Å². The molecule has 0 saturated heterocycles. The first-order chi connectivity index (χ1) is 14.1. The predicted octanol–water partition coefficient (Wildman–Crippen LogP) is 4.88. The Balaban J connectivity index is 1.71. The number of ether oxygens (including phenoxy) is 1. The van der Waals surface area contributed by atoms with Crippen LogP contribution in [0, 0.1) is 6.92 Å². The number of carbonyl (C=O) groups is 2. The van der Waals surface area contributed by atoms with Crippen LogP contribution in [-0.4, -0.2) is 24.0 Å². The van der Waals surface area contributed by atoms with E-state index in [1.54, 1.807) is 24.3 Å². The summed E-state index contributed by atoms with van der Waals surface area (Å²) < 4.78 is 10.4. The molecule has 0 bridgehead atoms. The first kappa shape index (κ1) is 17.2. The van der Waals surface area contributed by atoms with Crippen LogP contribution < -0.4 is 5.32 Å². The van der Waals surface area contributed by atoms with E-state index >= 15 is 0 Å². The molecule has 29 heavy (non-hydrogen) atoms. The van der Waals surface area contributed by atoms with E-state index in [-0.39, 0.29) is 5.78 Å². The van der Waals surface area contributed by atoms with Gasteiger partial charge >= 0.3 is 5.97 Å². The molecule has 1 aliphatic carbocycles. The highest BCUT2D eigenvalue weighted by Crippen LogP contribution is 2.43. The van der Waals surface area contributed by atoms with E-state index in [2.05, 4.69) is 10.5 Å². The quantitative estimate of drug-likeness (QED) is 0.447. The molecule has 1 N–H and O–H groups in total. The average Bonchev–Trinajstić information content (AvgIpc) is 3.19. The van der Waals surface area contributed by atoms with Gasteiger partial charge in [-0.15, -0.1) is 0 Å². The number of ketones is 1. The average molecular weight is 384 g/mol. The summed E-state index contributed by atoms with van der Waals surface area (Å²) in [5.41, 5.74) is 5.14. The molecule has 0 saturated carbocycles. The Morgan fingerprint density at radius 1 is 1.07 bits per heavy atom. The zero-order valence-electron chi connectivity index (χ0n) is 15.8. The molecule has 0 fully saturated rings. The fourth-order valence-corrected chi connectivity index (χ4v) is 3.81. The molecule has 1 heterocycles. The summed E-state index contributed by atoms with van der Waals surface area (Å²) in [5.74, 6) is 0.0844. The highest BCUT2D eigenvalue weighted by molar-refractivity contribution is 6.27. The predicted molar refractivity (Wildman–Crippen MR) is 109 cm³/mol. The van der Waals surface area contributed by atoms with Crippen LogP contribution >= 0.6 is 0 Å². The number of methoxy groups -OCH3 is 1. The van der Waals surface area contributed by atoms with E-state index in [9.17, 15) is 9.59 Å². The monoisotopic (exact) mass is 384 g/mol. The van der Waals surface area contributed by atoms with E-state index in [0.29, 0.717) is 44.7 Å². The van der Waals surface area contributed by atoms with E-state index < -0.39 is 5.97 Å². The number of anilines is 2. The topological polar surface area (TPSA) is 81.4 Å². The third kappa shape index (κ3) is 2.53. The molecule has 0 aliphatic heterocycles. The van der Waals surface area contributed by atoms with Crippen LogP contribution in [0.5, 0.6) is 0 Å². The minimum absolute atomic E-state index is 0.0899. The van der Waals surface area contributed by atoms with Crippen LogP contribution in [0.1, 0.15) is 31.8 Å². The number of aromatic nitrogens is 1. The minimum Gasteiger partial charge on any atom is -0.465 e. The summed E-state index contributed by atoms with van der Waals surface area (Å²) in [6.07, 6.45) is 0. The van der Waals surface area contributed by atoms with Crippen molar-refractivity contribution in [3.8, 4) is 11.3 Å². The Morgan fingerprint density at radius 2 is 1.86 bits per heavy atom. The van der Waals surface area contributed by atoms with Gasteiger partial charge in [0, 0.05) is 16.8 Å². The van der Waals surface area contributed by atoms with E-state index in [1.165, 1.54) is 7.11 Å². The van der Waals surface area contributed by atoms with Crippen molar-refractivity contribution in [2.45, 2.75) is 6.92 Å². The lowest BCUT2D eigenvalue weighted by Gasteiger charge is -2.19. The second-order valence-corrected chi connectivity index (χ2v) is 6.92. The SMILES string of the molecule is COC(=O)c1cccc(Nc2cc(C)c3noc4c3c2C(=O)c2ccccc2-4)c1. The molecular formula is C23H16N2O4. The van der Waals surface area contributed by atoms with E-state index in [1.807, 2.05) is 37.3 Å². The van der Waals surface area contributed by atoms with E-state index in [0.717, 1.165) is 11.1 Å². The number of nitrogens with one attached hydrogen (secondary N) is 1. The van der Waals surface area contributed by atoms with Gasteiger partial charge in [0.15, 0.2) is 11.5 Å². The fraction of sp³-hybridized carbons (Fsp3) is 0.0870. The molecule has 0 amide bonds. The fourth-order valence-electron chi connectivity index (χ4n) is 3.81. The van der Waals surface area contributed by atoms with Gasteiger partial charge in [-0.05, 0) is 36.8 Å². The second kappa shape index (κ2) is 6.31. The summed E-state index contributed by atoms with van der Waals surface area (Å²) in [7, 11) is 1.34. The Hall–Kier alpha value is -3.93. The number of hydrogen-bond donors (Lipinski definition) is 1. The molecule has 3 aromatic carbocycles. The maximum Gasteiger partial charge on any atom is 0.337 e. The highest BCUT2D eigenvalue weighted by atomic mass is 16.5. The van der Waals surface area contributed by atoms with Crippen LogP contribution in [0.3, 0.4) is 0 Å². The number of benzene rings is 3. The number of carbonyl (C=O) groups excluding carboxylic acids is 2. The molecular weight excluding hydrogens is 368 g/mol. The molecule has 1 aromatic heterocycles. The molecule has 0 spiro atoms. The largest absolute Gasteiger partial charge is 0.465 e. The van der Waals surface area contributed by atoms with Crippen molar-refractivity contribution < 1.29 is 18.8 Å². The molecule has 6 nitrogen and oxygen atoms in total. The van der Waals surface area contributed by atoms with Crippen LogP contribution in [0.2, 0.25) is 0 Å². The van der Waals surface area contributed by atoms with Crippen molar-refractivity contribution in [1.82, 2.24) is 5.16 Å². The van der Waals surface area contributed by atoms with Gasteiger partial charge < -0.3 is 14.6 Å². The molecule has 142 valence electrons.